The molecule has 4 rings (SSSR count). The molecule has 40 heavy (non-hydrogen) atoms. The third kappa shape index (κ3) is 6.32. The molecule has 0 aliphatic carbocycles. The molecule has 0 saturated carbocycles. The lowest BCUT2D eigenvalue weighted by Crippen LogP contribution is -2.54. The van der Waals surface area contributed by atoms with Crippen LogP contribution in [-0.4, -0.2) is 37.0 Å². The Bertz CT molecular complexity index is 1540. The molecule has 9 nitrogen and oxygen atoms in total. The molecule has 0 spiro atoms. The second kappa shape index (κ2) is 12.3. The number of ether oxygens (including phenoxy) is 2. The van der Waals surface area contributed by atoms with Crippen LogP contribution in [0.3, 0.4) is 0 Å². The highest BCUT2D eigenvalue weighted by Gasteiger charge is 2.37. The predicted octanol–water partition coefficient (Wildman–Crippen LogP) is 5.63. The molecule has 0 radical (unpaired) electrons. The molecular weight excluding hydrogens is 609 g/mol. The van der Waals surface area contributed by atoms with Crippen molar-refractivity contribution in [3.05, 3.63) is 86.6 Å². The number of carbonyl (C=O) groups is 4. The van der Waals surface area contributed by atoms with E-state index >= 15 is 0 Å². The average molecular weight is 631 g/mol. The summed E-state index contributed by atoms with van der Waals surface area (Å²) in [5.41, 5.74) is 1.23. The summed E-state index contributed by atoms with van der Waals surface area (Å²) in [6.07, 6.45) is 1.31. The van der Waals surface area contributed by atoms with Crippen LogP contribution in [0.4, 0.5) is 20.6 Å². The number of nitrogens with zero attached hydrogens (tertiary/aromatic N) is 1. The topological polar surface area (TPSA) is 114 Å². The van der Waals surface area contributed by atoms with Gasteiger partial charge in [-0.3, -0.25) is 19.7 Å². The molecule has 0 atom stereocenters. The van der Waals surface area contributed by atoms with Gasteiger partial charge < -0.3 is 14.8 Å². The van der Waals surface area contributed by atoms with Gasteiger partial charge in [-0.25, -0.2) is 14.1 Å². The maximum absolute atomic E-state index is 13.3. The number of carbonyl (C=O) groups excluding carboxylic acids is 4. The summed E-state index contributed by atoms with van der Waals surface area (Å²) in [5.74, 6) is -2.16. The van der Waals surface area contributed by atoms with Gasteiger partial charge in [-0.2, -0.15) is 0 Å². The van der Waals surface area contributed by atoms with Crippen LogP contribution in [0.1, 0.15) is 18.1 Å². The molecule has 3 aromatic rings. The highest BCUT2D eigenvalue weighted by Crippen LogP contribution is 2.38. The van der Waals surface area contributed by atoms with Crippen molar-refractivity contribution in [2.45, 2.75) is 13.8 Å². The van der Waals surface area contributed by atoms with Gasteiger partial charge in [0.05, 0.1) is 16.8 Å². The molecule has 0 unspecified atom stereocenters. The smallest absolute Gasteiger partial charge is 0.335 e. The van der Waals surface area contributed by atoms with Gasteiger partial charge in [0.15, 0.2) is 18.1 Å². The number of amides is 5. The summed E-state index contributed by atoms with van der Waals surface area (Å²) in [7, 11) is 0. The van der Waals surface area contributed by atoms with Gasteiger partial charge in [0.1, 0.15) is 11.4 Å². The number of hydrogen-bond donors (Lipinski definition) is 2. The molecule has 2 N–H and O–H groups in total. The standard InChI is InChI=1S/C28H22BrClFN3O6/c1-3-39-23-13-16(12-20(29)25(23)40-14-24(35)32-18-9-7-17(31)8-10-18)11-19-26(36)33-28(38)34(27(19)37)22-6-4-5-21(30)15(22)2/h4-13H,3,14H2,1-2H3,(H,32,35)(H,33,36,38)/b19-11-. The van der Waals surface area contributed by atoms with E-state index in [9.17, 15) is 23.6 Å². The Morgan fingerprint density at radius 1 is 1.12 bits per heavy atom. The SMILES string of the molecule is CCOc1cc(/C=C2/C(=O)NC(=O)N(c3cccc(Cl)c3C)C2=O)cc(Br)c1OCC(=O)Nc1ccc(F)cc1. The molecule has 206 valence electrons. The first-order chi connectivity index (χ1) is 19.1. The number of benzene rings is 3. The Morgan fingerprint density at radius 2 is 1.85 bits per heavy atom. The van der Waals surface area contributed by atoms with E-state index in [1.165, 1.54) is 36.4 Å². The summed E-state index contributed by atoms with van der Waals surface area (Å²) in [6, 6.07) is 12.2. The number of halogens is 3. The quantitative estimate of drug-likeness (QED) is 0.246. The molecule has 5 amide bonds. The number of imide groups is 2. The van der Waals surface area contributed by atoms with Crippen LogP contribution in [0.25, 0.3) is 6.08 Å². The maximum atomic E-state index is 13.3. The van der Waals surface area contributed by atoms with Crippen LogP contribution in [0.2, 0.25) is 5.02 Å². The van der Waals surface area contributed by atoms with Gasteiger partial charge in [0.25, 0.3) is 17.7 Å². The third-order valence-electron chi connectivity index (χ3n) is 5.70. The normalized spacial score (nSPS) is 14.3. The number of hydrogen-bond acceptors (Lipinski definition) is 6. The van der Waals surface area contributed by atoms with Crippen LogP contribution < -0.4 is 25.0 Å². The van der Waals surface area contributed by atoms with E-state index in [2.05, 4.69) is 26.6 Å². The van der Waals surface area contributed by atoms with E-state index in [1.54, 1.807) is 38.1 Å². The van der Waals surface area contributed by atoms with Gasteiger partial charge in [0.2, 0.25) is 0 Å². The van der Waals surface area contributed by atoms with Gasteiger partial charge in [-0.15, -0.1) is 0 Å². The van der Waals surface area contributed by atoms with Crippen molar-refractivity contribution in [1.29, 1.82) is 0 Å². The fourth-order valence-electron chi connectivity index (χ4n) is 3.82. The molecule has 1 aliphatic rings. The highest BCUT2D eigenvalue weighted by atomic mass is 79.9. The maximum Gasteiger partial charge on any atom is 0.335 e. The summed E-state index contributed by atoms with van der Waals surface area (Å²) >= 11 is 9.56. The van der Waals surface area contributed by atoms with Crippen molar-refractivity contribution in [2.75, 3.05) is 23.4 Å². The van der Waals surface area contributed by atoms with Crippen molar-refractivity contribution in [2.24, 2.45) is 0 Å². The highest BCUT2D eigenvalue weighted by molar-refractivity contribution is 9.10. The second-order valence-corrected chi connectivity index (χ2v) is 9.71. The van der Waals surface area contributed by atoms with E-state index in [-0.39, 0.29) is 36.0 Å². The first-order valence-corrected chi connectivity index (χ1v) is 13.1. The second-order valence-electron chi connectivity index (χ2n) is 8.45. The first-order valence-electron chi connectivity index (χ1n) is 11.9. The summed E-state index contributed by atoms with van der Waals surface area (Å²) < 4.78 is 24.8. The fourth-order valence-corrected chi connectivity index (χ4v) is 4.57. The zero-order chi connectivity index (χ0) is 29.0. The molecule has 12 heteroatoms. The lowest BCUT2D eigenvalue weighted by molar-refractivity contribution is -0.122. The molecule has 3 aromatic carbocycles. The average Bonchev–Trinajstić information content (AvgIpc) is 2.90. The number of rotatable bonds is 8. The van der Waals surface area contributed by atoms with Crippen molar-refractivity contribution < 1.29 is 33.0 Å². The number of urea groups is 1. The van der Waals surface area contributed by atoms with E-state index in [0.29, 0.717) is 26.3 Å². The van der Waals surface area contributed by atoms with Crippen molar-refractivity contribution in [3.63, 3.8) is 0 Å². The molecule has 1 aliphatic heterocycles. The zero-order valence-corrected chi connectivity index (χ0v) is 23.6. The summed E-state index contributed by atoms with van der Waals surface area (Å²) in [5, 5.41) is 5.13. The Balaban J connectivity index is 1.60. The summed E-state index contributed by atoms with van der Waals surface area (Å²) in [6.45, 7) is 3.27. The summed E-state index contributed by atoms with van der Waals surface area (Å²) in [4.78, 5) is 51.8. The fraction of sp³-hybridized carbons (Fsp3) is 0.143. The Hall–Kier alpha value is -4.22. The lowest BCUT2D eigenvalue weighted by atomic mass is 10.1. The first kappa shape index (κ1) is 28.8. The minimum atomic E-state index is -0.892. The Morgan fingerprint density at radius 3 is 2.55 bits per heavy atom. The zero-order valence-electron chi connectivity index (χ0n) is 21.2. The molecule has 1 heterocycles. The largest absolute Gasteiger partial charge is 0.490 e. The van der Waals surface area contributed by atoms with Crippen LogP contribution >= 0.6 is 27.5 Å². The Kier molecular flexibility index (Phi) is 8.86. The van der Waals surface area contributed by atoms with Crippen molar-refractivity contribution >= 4 is 68.7 Å². The molecule has 1 fully saturated rings. The van der Waals surface area contributed by atoms with Crippen LogP contribution in [0, 0.1) is 12.7 Å². The molecule has 1 saturated heterocycles. The minimum absolute atomic E-state index is 0.212. The monoisotopic (exact) mass is 629 g/mol. The van der Waals surface area contributed by atoms with Crippen LogP contribution in [0.5, 0.6) is 11.5 Å². The number of anilines is 2. The number of barbiturate groups is 1. The van der Waals surface area contributed by atoms with E-state index < -0.39 is 29.6 Å². The third-order valence-corrected chi connectivity index (χ3v) is 6.70. The number of nitrogens with one attached hydrogen (secondary N) is 2. The Labute approximate surface area is 242 Å². The van der Waals surface area contributed by atoms with Crippen LogP contribution in [0.15, 0.2) is 64.6 Å². The van der Waals surface area contributed by atoms with E-state index in [4.69, 9.17) is 21.1 Å². The van der Waals surface area contributed by atoms with E-state index in [1.807, 2.05) is 0 Å². The minimum Gasteiger partial charge on any atom is -0.490 e. The predicted molar refractivity (Wildman–Crippen MR) is 151 cm³/mol. The van der Waals surface area contributed by atoms with E-state index in [0.717, 1.165) is 4.90 Å². The van der Waals surface area contributed by atoms with Gasteiger partial charge in [-0.1, -0.05) is 17.7 Å². The molecular formula is C28H22BrClFN3O6. The lowest BCUT2D eigenvalue weighted by Gasteiger charge is -2.27. The van der Waals surface area contributed by atoms with Crippen LogP contribution in [-0.2, 0) is 14.4 Å². The van der Waals surface area contributed by atoms with Crippen molar-refractivity contribution in [3.8, 4) is 11.5 Å². The molecule has 0 aromatic heterocycles. The van der Waals surface area contributed by atoms with Crippen molar-refractivity contribution in [1.82, 2.24) is 5.32 Å². The van der Waals surface area contributed by atoms with Gasteiger partial charge >= 0.3 is 6.03 Å². The molecule has 0 bridgehead atoms. The van der Waals surface area contributed by atoms with Gasteiger partial charge in [-0.05, 0) is 95.5 Å². The van der Waals surface area contributed by atoms with Gasteiger partial charge in [0, 0.05) is 10.7 Å².